The van der Waals surface area contributed by atoms with Crippen molar-refractivity contribution in [3.63, 3.8) is 0 Å². The summed E-state index contributed by atoms with van der Waals surface area (Å²) in [5.74, 6) is 0.620. The molecule has 0 saturated carbocycles. The van der Waals surface area contributed by atoms with Crippen LogP contribution in [0.3, 0.4) is 0 Å². The molecule has 0 unspecified atom stereocenters. The van der Waals surface area contributed by atoms with Crippen molar-refractivity contribution in [1.82, 2.24) is 0 Å². The van der Waals surface area contributed by atoms with Crippen molar-refractivity contribution in [3.8, 4) is 16.9 Å². The van der Waals surface area contributed by atoms with Crippen molar-refractivity contribution in [2.24, 2.45) is 0 Å². The number of hydrogen-bond acceptors (Lipinski definition) is 5. The van der Waals surface area contributed by atoms with Crippen LogP contribution in [0.25, 0.3) is 11.1 Å². The molecule has 4 nitrogen and oxygen atoms in total. The van der Waals surface area contributed by atoms with Crippen molar-refractivity contribution in [2.75, 3.05) is 19.8 Å². The van der Waals surface area contributed by atoms with Gasteiger partial charge in [-0.3, -0.25) is 4.79 Å². The number of thioether (sulfide) groups is 1. The molecule has 3 aromatic rings. The number of rotatable bonds is 10. The van der Waals surface area contributed by atoms with E-state index in [2.05, 4.69) is 62.4 Å². The lowest BCUT2D eigenvalue weighted by molar-refractivity contribution is -0.151. The fourth-order valence-corrected chi connectivity index (χ4v) is 4.96. The molecule has 1 aliphatic rings. The highest BCUT2D eigenvalue weighted by atomic mass is 32.2. The van der Waals surface area contributed by atoms with E-state index in [9.17, 15) is 4.79 Å². The second-order valence-corrected chi connectivity index (χ2v) is 10.6. The maximum absolute atomic E-state index is 12.0. The van der Waals surface area contributed by atoms with Crippen LogP contribution in [0.5, 0.6) is 5.75 Å². The normalized spacial score (nSPS) is 14.5. The SMILES string of the molecule is CCOC(=O)CC1(c2ccc(OCc3cccc(-c4ccc(SC(C)C)cc4)c3)cc2)COC1. The topological polar surface area (TPSA) is 44.8 Å². The number of hydrogen-bond donors (Lipinski definition) is 0. The van der Waals surface area contributed by atoms with Crippen LogP contribution in [-0.2, 0) is 26.3 Å². The van der Waals surface area contributed by atoms with E-state index < -0.39 is 0 Å². The molecule has 0 bridgehead atoms. The van der Waals surface area contributed by atoms with Gasteiger partial charge in [0, 0.05) is 10.1 Å². The van der Waals surface area contributed by atoms with Gasteiger partial charge >= 0.3 is 5.97 Å². The van der Waals surface area contributed by atoms with Gasteiger partial charge in [0.05, 0.1) is 31.7 Å². The molecule has 0 spiro atoms. The van der Waals surface area contributed by atoms with E-state index in [0.29, 0.717) is 38.1 Å². The van der Waals surface area contributed by atoms with Gasteiger partial charge in [0.1, 0.15) is 12.4 Å². The van der Waals surface area contributed by atoms with Crippen LogP contribution in [0.2, 0.25) is 0 Å². The molecule has 178 valence electrons. The highest BCUT2D eigenvalue weighted by Gasteiger charge is 2.42. The highest BCUT2D eigenvalue weighted by molar-refractivity contribution is 7.99. The molecule has 1 heterocycles. The van der Waals surface area contributed by atoms with Gasteiger partial charge in [-0.1, -0.05) is 56.3 Å². The Morgan fingerprint density at radius 2 is 1.74 bits per heavy atom. The minimum absolute atomic E-state index is 0.181. The molecule has 0 N–H and O–H groups in total. The van der Waals surface area contributed by atoms with E-state index in [1.165, 1.54) is 16.0 Å². The Labute approximate surface area is 206 Å². The summed E-state index contributed by atoms with van der Waals surface area (Å²) in [6, 6.07) is 25.2. The molecule has 0 aromatic heterocycles. The summed E-state index contributed by atoms with van der Waals surface area (Å²) in [6.07, 6.45) is 0.338. The summed E-state index contributed by atoms with van der Waals surface area (Å²) in [4.78, 5) is 13.3. The molecule has 1 saturated heterocycles. The molecule has 1 fully saturated rings. The van der Waals surface area contributed by atoms with Crippen LogP contribution in [0, 0.1) is 0 Å². The van der Waals surface area contributed by atoms with Crippen molar-refractivity contribution in [2.45, 2.75) is 49.4 Å². The van der Waals surface area contributed by atoms with Crippen molar-refractivity contribution in [1.29, 1.82) is 0 Å². The average molecular weight is 477 g/mol. The van der Waals surface area contributed by atoms with Crippen LogP contribution in [0.1, 0.15) is 38.3 Å². The minimum Gasteiger partial charge on any atom is -0.489 e. The van der Waals surface area contributed by atoms with Gasteiger partial charge in [-0.05, 0) is 59.5 Å². The molecule has 0 aliphatic carbocycles. The number of esters is 1. The minimum atomic E-state index is -0.289. The number of carbonyl (C=O) groups excluding carboxylic acids is 1. The molecule has 34 heavy (non-hydrogen) atoms. The first kappa shape index (κ1) is 24.4. The number of ether oxygens (including phenoxy) is 3. The van der Waals surface area contributed by atoms with Crippen molar-refractivity contribution >= 4 is 17.7 Å². The Morgan fingerprint density at radius 3 is 2.35 bits per heavy atom. The molecular weight excluding hydrogens is 444 g/mol. The van der Waals surface area contributed by atoms with Gasteiger partial charge in [0.15, 0.2) is 0 Å². The van der Waals surface area contributed by atoms with Gasteiger partial charge in [-0.25, -0.2) is 0 Å². The van der Waals surface area contributed by atoms with Crippen molar-refractivity contribution in [3.05, 3.63) is 83.9 Å². The highest BCUT2D eigenvalue weighted by Crippen LogP contribution is 2.37. The second kappa shape index (κ2) is 11.1. The van der Waals surface area contributed by atoms with Crippen LogP contribution in [-0.4, -0.2) is 31.0 Å². The summed E-state index contributed by atoms with van der Waals surface area (Å²) in [6.45, 7) is 8.20. The molecule has 0 radical (unpaired) electrons. The molecule has 0 amide bonds. The first-order valence-electron chi connectivity index (χ1n) is 11.8. The first-order valence-corrected chi connectivity index (χ1v) is 12.7. The van der Waals surface area contributed by atoms with Crippen molar-refractivity contribution < 1.29 is 19.0 Å². The maximum atomic E-state index is 12.0. The van der Waals surface area contributed by atoms with Crippen LogP contribution in [0.4, 0.5) is 0 Å². The van der Waals surface area contributed by atoms with Gasteiger partial charge in [-0.15, -0.1) is 11.8 Å². The summed E-state index contributed by atoms with van der Waals surface area (Å²) in [7, 11) is 0. The summed E-state index contributed by atoms with van der Waals surface area (Å²) >= 11 is 1.87. The molecule has 0 atom stereocenters. The number of carbonyl (C=O) groups is 1. The number of benzene rings is 3. The second-order valence-electron chi connectivity index (χ2n) is 8.96. The Hall–Kier alpha value is -2.76. The Balaban J connectivity index is 1.38. The molecular formula is C29H32O4S. The van der Waals surface area contributed by atoms with E-state index in [1.54, 1.807) is 0 Å². The lowest BCUT2D eigenvalue weighted by Gasteiger charge is -2.41. The fourth-order valence-electron chi connectivity index (χ4n) is 4.12. The van der Waals surface area contributed by atoms with Gasteiger partial charge in [0.25, 0.3) is 0 Å². The monoisotopic (exact) mass is 476 g/mol. The summed E-state index contributed by atoms with van der Waals surface area (Å²) in [5.41, 5.74) is 4.30. The predicted octanol–water partition coefficient (Wildman–Crippen LogP) is 6.65. The van der Waals surface area contributed by atoms with E-state index in [-0.39, 0.29) is 11.4 Å². The predicted molar refractivity (Wildman–Crippen MR) is 137 cm³/mol. The quantitative estimate of drug-likeness (QED) is 0.242. The van der Waals surface area contributed by atoms with Crippen LogP contribution in [0.15, 0.2) is 77.7 Å². The fraction of sp³-hybridized carbons (Fsp3) is 0.345. The zero-order chi connectivity index (χ0) is 24.0. The average Bonchev–Trinajstić information content (AvgIpc) is 2.81. The summed E-state index contributed by atoms with van der Waals surface area (Å²) < 4.78 is 16.6. The summed E-state index contributed by atoms with van der Waals surface area (Å²) in [5, 5.41) is 0.575. The standard InChI is InChI=1S/C29H32O4S/c1-4-32-28(30)17-29(19-31-20-29)25-10-12-26(13-11-25)33-18-22-6-5-7-24(16-22)23-8-14-27(15-9-23)34-21(2)3/h5-16,21H,4,17-20H2,1-3H3. The van der Waals surface area contributed by atoms with Gasteiger partial charge in [-0.2, -0.15) is 0 Å². The Morgan fingerprint density at radius 1 is 1.00 bits per heavy atom. The third kappa shape index (κ3) is 6.02. The molecule has 5 heteroatoms. The Bertz CT molecular complexity index is 1090. The Kier molecular flexibility index (Phi) is 7.96. The zero-order valence-electron chi connectivity index (χ0n) is 20.1. The maximum Gasteiger partial charge on any atom is 0.306 e. The lowest BCUT2D eigenvalue weighted by atomic mass is 9.76. The van der Waals surface area contributed by atoms with Crippen LogP contribution < -0.4 is 4.74 Å². The first-order chi connectivity index (χ1) is 16.5. The van der Waals surface area contributed by atoms with Gasteiger partial charge < -0.3 is 14.2 Å². The third-order valence-electron chi connectivity index (χ3n) is 5.90. The van der Waals surface area contributed by atoms with Crippen LogP contribution >= 0.6 is 11.8 Å². The smallest absolute Gasteiger partial charge is 0.306 e. The van der Waals surface area contributed by atoms with E-state index >= 15 is 0 Å². The van der Waals surface area contributed by atoms with E-state index in [4.69, 9.17) is 14.2 Å². The molecule has 3 aromatic carbocycles. The molecule has 1 aliphatic heterocycles. The van der Waals surface area contributed by atoms with E-state index in [1.807, 2.05) is 43.0 Å². The van der Waals surface area contributed by atoms with E-state index in [0.717, 1.165) is 16.9 Å². The van der Waals surface area contributed by atoms with Gasteiger partial charge in [0.2, 0.25) is 0 Å². The third-order valence-corrected chi connectivity index (χ3v) is 6.92. The zero-order valence-corrected chi connectivity index (χ0v) is 20.9. The lowest BCUT2D eigenvalue weighted by Crippen LogP contribution is -2.48. The molecule has 4 rings (SSSR count). The largest absolute Gasteiger partial charge is 0.489 e.